The summed E-state index contributed by atoms with van der Waals surface area (Å²) in [6, 6.07) is 3.57. The van der Waals surface area contributed by atoms with Crippen LogP contribution in [0.3, 0.4) is 0 Å². The van der Waals surface area contributed by atoms with Crippen LogP contribution in [-0.2, 0) is 4.79 Å². The molecule has 19 heavy (non-hydrogen) atoms. The summed E-state index contributed by atoms with van der Waals surface area (Å²) in [5.74, 6) is -0.680. The molecule has 102 valence electrons. The second kappa shape index (κ2) is 5.69. The molecule has 2 unspecified atom stereocenters. The van der Waals surface area contributed by atoms with E-state index in [0.29, 0.717) is 16.7 Å². The van der Waals surface area contributed by atoms with Crippen LogP contribution in [0.5, 0.6) is 0 Å². The van der Waals surface area contributed by atoms with E-state index in [1.54, 1.807) is 17.0 Å². The number of carbonyl (C=O) groups excluding carboxylic acids is 2. The van der Waals surface area contributed by atoms with Crippen molar-refractivity contribution in [3.8, 4) is 0 Å². The number of amides is 2. The molecule has 2 N–H and O–H groups in total. The van der Waals surface area contributed by atoms with Crippen molar-refractivity contribution >= 4 is 27.7 Å². The van der Waals surface area contributed by atoms with Gasteiger partial charge in [0, 0.05) is 18.8 Å². The Morgan fingerprint density at radius 3 is 2.74 bits per heavy atom. The maximum Gasteiger partial charge on any atom is 0.255 e. The van der Waals surface area contributed by atoms with Crippen LogP contribution >= 0.6 is 15.9 Å². The molecule has 2 atom stereocenters. The number of primary amides is 1. The van der Waals surface area contributed by atoms with E-state index < -0.39 is 0 Å². The molecule has 2 amide bonds. The smallest absolute Gasteiger partial charge is 0.255 e. The van der Waals surface area contributed by atoms with Crippen LogP contribution in [0.2, 0.25) is 0 Å². The largest absolute Gasteiger partial charge is 0.369 e. The summed E-state index contributed by atoms with van der Waals surface area (Å²) in [5, 5.41) is 0. The molecule has 0 spiro atoms. The number of halogens is 1. The fraction of sp³-hybridized carbons (Fsp3) is 0.462. The van der Waals surface area contributed by atoms with Crippen LogP contribution in [0.25, 0.3) is 0 Å². The molecule has 1 aromatic heterocycles. The zero-order chi connectivity index (χ0) is 14.0. The average Bonchev–Trinajstić information content (AvgIpc) is 2.39. The normalized spacial score (nSPS) is 23.2. The molecular weight excluding hydrogens is 310 g/mol. The van der Waals surface area contributed by atoms with Gasteiger partial charge in [-0.3, -0.25) is 9.59 Å². The number of hydrogen-bond donors (Lipinski definition) is 1. The lowest BCUT2D eigenvalue weighted by molar-refractivity contribution is -0.123. The summed E-state index contributed by atoms with van der Waals surface area (Å²) in [7, 11) is 0. The van der Waals surface area contributed by atoms with Crippen LogP contribution in [0.15, 0.2) is 22.9 Å². The molecule has 1 aromatic rings. The van der Waals surface area contributed by atoms with Crippen molar-refractivity contribution in [3.63, 3.8) is 0 Å². The first kappa shape index (κ1) is 14.0. The number of nitrogens with two attached hydrogens (primary N) is 1. The second-order valence-corrected chi connectivity index (χ2v) is 5.67. The van der Waals surface area contributed by atoms with E-state index in [0.717, 1.165) is 12.8 Å². The molecule has 1 aliphatic rings. The molecule has 5 nitrogen and oxygen atoms in total. The molecular formula is C13H16BrN3O2. The minimum absolute atomic E-state index is 0.0987. The Balaban J connectivity index is 2.16. The Morgan fingerprint density at radius 2 is 2.16 bits per heavy atom. The van der Waals surface area contributed by atoms with Gasteiger partial charge in [-0.15, -0.1) is 0 Å². The van der Waals surface area contributed by atoms with Crippen molar-refractivity contribution in [2.75, 3.05) is 6.54 Å². The lowest BCUT2D eigenvalue weighted by atomic mass is 9.92. The molecule has 1 saturated heterocycles. The van der Waals surface area contributed by atoms with E-state index in [4.69, 9.17) is 5.73 Å². The summed E-state index contributed by atoms with van der Waals surface area (Å²) in [6.45, 7) is 2.38. The minimum atomic E-state index is -0.335. The number of aromatic nitrogens is 1. The first-order valence-corrected chi connectivity index (χ1v) is 7.00. The lowest BCUT2D eigenvalue weighted by Crippen LogP contribution is -2.48. The van der Waals surface area contributed by atoms with E-state index in [1.807, 2.05) is 6.92 Å². The molecule has 0 saturated carbocycles. The first-order valence-electron chi connectivity index (χ1n) is 6.21. The zero-order valence-corrected chi connectivity index (χ0v) is 12.3. The van der Waals surface area contributed by atoms with Crippen molar-refractivity contribution < 1.29 is 9.59 Å². The number of likely N-dealkylation sites (tertiary alicyclic amines) is 1. The van der Waals surface area contributed by atoms with Gasteiger partial charge in [0.2, 0.25) is 5.91 Å². The molecule has 0 radical (unpaired) electrons. The molecule has 6 heteroatoms. The van der Waals surface area contributed by atoms with Crippen LogP contribution in [0, 0.1) is 5.92 Å². The predicted molar refractivity (Wildman–Crippen MR) is 74.4 cm³/mol. The van der Waals surface area contributed by atoms with Gasteiger partial charge >= 0.3 is 0 Å². The van der Waals surface area contributed by atoms with Crippen molar-refractivity contribution in [2.45, 2.75) is 25.8 Å². The highest BCUT2D eigenvalue weighted by atomic mass is 79.9. The standard InChI is InChI=1S/C13H16BrN3O2/c1-8-2-3-10(12(15)18)7-17(8)13(19)9-4-5-11(14)16-6-9/h4-6,8,10H,2-3,7H2,1H3,(H2,15,18). The molecule has 1 fully saturated rings. The fourth-order valence-corrected chi connectivity index (χ4v) is 2.52. The molecule has 2 rings (SSSR count). The number of carbonyl (C=O) groups is 2. The van der Waals surface area contributed by atoms with Crippen molar-refractivity contribution in [1.82, 2.24) is 9.88 Å². The van der Waals surface area contributed by atoms with Crippen molar-refractivity contribution in [3.05, 3.63) is 28.5 Å². The van der Waals surface area contributed by atoms with E-state index in [9.17, 15) is 9.59 Å². The summed E-state index contributed by atoms with van der Waals surface area (Å²) < 4.78 is 0.686. The predicted octanol–water partition coefficient (Wildman–Crippen LogP) is 1.57. The zero-order valence-electron chi connectivity index (χ0n) is 10.7. The third-order valence-electron chi connectivity index (χ3n) is 3.52. The van der Waals surface area contributed by atoms with Gasteiger partial charge in [-0.05, 0) is 47.8 Å². The Labute approximate surface area is 120 Å². The fourth-order valence-electron chi connectivity index (χ4n) is 2.29. The highest BCUT2D eigenvalue weighted by molar-refractivity contribution is 9.10. The monoisotopic (exact) mass is 325 g/mol. The van der Waals surface area contributed by atoms with E-state index in [-0.39, 0.29) is 23.8 Å². The molecule has 0 bridgehead atoms. The van der Waals surface area contributed by atoms with Gasteiger partial charge in [0.15, 0.2) is 0 Å². The van der Waals surface area contributed by atoms with Crippen LogP contribution in [0.4, 0.5) is 0 Å². The Kier molecular flexibility index (Phi) is 4.19. The molecule has 1 aliphatic heterocycles. The van der Waals surface area contributed by atoms with E-state index in [2.05, 4.69) is 20.9 Å². The summed E-state index contributed by atoms with van der Waals surface area (Å²) in [6.07, 6.45) is 3.08. The van der Waals surface area contributed by atoms with Gasteiger partial charge in [0.1, 0.15) is 4.60 Å². The molecule has 0 aliphatic carbocycles. The third-order valence-corrected chi connectivity index (χ3v) is 3.99. The molecule has 2 heterocycles. The number of piperidine rings is 1. The van der Waals surface area contributed by atoms with E-state index in [1.165, 1.54) is 6.20 Å². The maximum atomic E-state index is 12.4. The number of hydrogen-bond acceptors (Lipinski definition) is 3. The van der Waals surface area contributed by atoms with Gasteiger partial charge in [0.25, 0.3) is 5.91 Å². The van der Waals surface area contributed by atoms with Crippen LogP contribution < -0.4 is 5.73 Å². The summed E-state index contributed by atoms with van der Waals surface area (Å²) in [5.41, 5.74) is 5.87. The van der Waals surface area contributed by atoms with E-state index >= 15 is 0 Å². The number of pyridine rings is 1. The summed E-state index contributed by atoms with van der Waals surface area (Å²) in [4.78, 5) is 29.4. The number of nitrogens with zero attached hydrogens (tertiary/aromatic N) is 2. The van der Waals surface area contributed by atoms with Gasteiger partial charge in [-0.1, -0.05) is 0 Å². The minimum Gasteiger partial charge on any atom is -0.369 e. The van der Waals surface area contributed by atoms with Crippen molar-refractivity contribution in [1.29, 1.82) is 0 Å². The quantitative estimate of drug-likeness (QED) is 0.838. The summed E-state index contributed by atoms with van der Waals surface area (Å²) >= 11 is 3.23. The Bertz CT molecular complexity index is 489. The van der Waals surface area contributed by atoms with Gasteiger partial charge in [-0.25, -0.2) is 4.98 Å². The lowest BCUT2D eigenvalue weighted by Gasteiger charge is -2.36. The van der Waals surface area contributed by atoms with Gasteiger partial charge in [0.05, 0.1) is 11.5 Å². The topological polar surface area (TPSA) is 76.3 Å². The van der Waals surface area contributed by atoms with Crippen molar-refractivity contribution in [2.24, 2.45) is 11.7 Å². The van der Waals surface area contributed by atoms with Gasteiger partial charge < -0.3 is 10.6 Å². The average molecular weight is 326 g/mol. The van der Waals surface area contributed by atoms with Crippen LogP contribution in [0.1, 0.15) is 30.1 Å². The third kappa shape index (κ3) is 3.12. The maximum absolute atomic E-state index is 12.4. The van der Waals surface area contributed by atoms with Crippen LogP contribution in [-0.4, -0.2) is 34.3 Å². The Morgan fingerprint density at radius 1 is 1.42 bits per heavy atom. The second-order valence-electron chi connectivity index (χ2n) is 4.85. The first-order chi connectivity index (χ1) is 8.99. The van der Waals surface area contributed by atoms with Gasteiger partial charge in [-0.2, -0.15) is 0 Å². The molecule has 0 aromatic carbocycles. The highest BCUT2D eigenvalue weighted by Gasteiger charge is 2.32. The highest BCUT2D eigenvalue weighted by Crippen LogP contribution is 2.23. The SMILES string of the molecule is CC1CCC(C(N)=O)CN1C(=O)c1ccc(Br)nc1. The Hall–Kier alpha value is -1.43. The number of rotatable bonds is 2.